The van der Waals surface area contributed by atoms with Crippen molar-refractivity contribution in [3.05, 3.63) is 23.9 Å². The third kappa shape index (κ3) is 2.61. The van der Waals surface area contributed by atoms with Gasteiger partial charge in [-0.1, -0.05) is 39.0 Å². The molecule has 1 heteroatoms. The van der Waals surface area contributed by atoms with Gasteiger partial charge in [0.2, 0.25) is 0 Å². The van der Waals surface area contributed by atoms with Gasteiger partial charge in [-0.2, -0.15) is 0 Å². The van der Waals surface area contributed by atoms with Crippen LogP contribution in [0.15, 0.2) is 23.9 Å². The molecule has 1 aliphatic rings. The van der Waals surface area contributed by atoms with E-state index in [-0.39, 0.29) is 0 Å². The van der Waals surface area contributed by atoms with Crippen LogP contribution < -0.4 is 0 Å². The SMILES string of the molecule is C=C(C)N1CC=C(C(C)(C)C)CC1. The lowest BCUT2D eigenvalue weighted by Crippen LogP contribution is -2.29. The van der Waals surface area contributed by atoms with Crippen LogP contribution in [0.25, 0.3) is 0 Å². The lowest BCUT2D eigenvalue weighted by Gasteiger charge is -2.33. The van der Waals surface area contributed by atoms with E-state index in [4.69, 9.17) is 0 Å². The monoisotopic (exact) mass is 179 g/mol. The molecule has 0 spiro atoms. The summed E-state index contributed by atoms with van der Waals surface area (Å²) < 4.78 is 0. The van der Waals surface area contributed by atoms with Crippen molar-refractivity contribution < 1.29 is 0 Å². The zero-order valence-electron chi connectivity index (χ0n) is 9.35. The van der Waals surface area contributed by atoms with Crippen LogP contribution in [0, 0.1) is 5.41 Å². The summed E-state index contributed by atoms with van der Waals surface area (Å²) in [6, 6.07) is 0. The maximum Gasteiger partial charge on any atom is 0.0359 e. The van der Waals surface area contributed by atoms with Crippen molar-refractivity contribution in [2.24, 2.45) is 5.41 Å². The van der Waals surface area contributed by atoms with Crippen LogP contribution in [0.5, 0.6) is 0 Å². The third-order valence-electron chi connectivity index (χ3n) is 2.71. The van der Waals surface area contributed by atoms with Crippen LogP contribution in [0.4, 0.5) is 0 Å². The molecule has 0 radical (unpaired) electrons. The minimum Gasteiger partial charge on any atom is -0.371 e. The van der Waals surface area contributed by atoms with Gasteiger partial charge in [0.15, 0.2) is 0 Å². The molecule has 0 aromatic heterocycles. The summed E-state index contributed by atoms with van der Waals surface area (Å²) in [5.41, 5.74) is 3.12. The Labute approximate surface area is 82.1 Å². The molecular weight excluding hydrogens is 158 g/mol. The van der Waals surface area contributed by atoms with Crippen LogP contribution in [0.2, 0.25) is 0 Å². The zero-order valence-corrected chi connectivity index (χ0v) is 9.35. The lowest BCUT2D eigenvalue weighted by atomic mass is 9.83. The average molecular weight is 179 g/mol. The predicted molar refractivity (Wildman–Crippen MR) is 58.5 cm³/mol. The van der Waals surface area contributed by atoms with Crippen molar-refractivity contribution in [2.45, 2.75) is 34.1 Å². The number of hydrogen-bond donors (Lipinski definition) is 0. The van der Waals surface area contributed by atoms with E-state index in [1.165, 1.54) is 12.1 Å². The van der Waals surface area contributed by atoms with Gasteiger partial charge in [0, 0.05) is 18.8 Å². The molecule has 0 N–H and O–H groups in total. The average Bonchev–Trinajstić information content (AvgIpc) is 2.03. The first-order valence-electron chi connectivity index (χ1n) is 5.01. The van der Waals surface area contributed by atoms with E-state index in [1.54, 1.807) is 5.57 Å². The Kier molecular flexibility index (Phi) is 2.84. The quantitative estimate of drug-likeness (QED) is 0.559. The van der Waals surface area contributed by atoms with Gasteiger partial charge in [-0.05, 0) is 18.8 Å². The van der Waals surface area contributed by atoms with E-state index >= 15 is 0 Å². The fourth-order valence-corrected chi connectivity index (χ4v) is 1.70. The van der Waals surface area contributed by atoms with Crippen molar-refractivity contribution in [1.82, 2.24) is 4.90 Å². The number of allylic oxidation sites excluding steroid dienone is 1. The van der Waals surface area contributed by atoms with Crippen molar-refractivity contribution in [3.63, 3.8) is 0 Å². The van der Waals surface area contributed by atoms with E-state index in [1.807, 2.05) is 0 Å². The molecule has 13 heavy (non-hydrogen) atoms. The van der Waals surface area contributed by atoms with Gasteiger partial charge in [-0.25, -0.2) is 0 Å². The highest BCUT2D eigenvalue weighted by Crippen LogP contribution is 2.30. The highest BCUT2D eigenvalue weighted by Gasteiger charge is 2.20. The van der Waals surface area contributed by atoms with E-state index in [9.17, 15) is 0 Å². The van der Waals surface area contributed by atoms with Gasteiger partial charge in [0.25, 0.3) is 0 Å². The van der Waals surface area contributed by atoms with E-state index in [2.05, 4.69) is 45.2 Å². The molecular formula is C12H21N. The van der Waals surface area contributed by atoms with Crippen LogP contribution in [-0.4, -0.2) is 18.0 Å². The standard InChI is InChI=1S/C12H21N/c1-10(2)13-8-6-11(7-9-13)12(3,4)5/h6H,1,7-9H2,2-5H3. The van der Waals surface area contributed by atoms with Crippen LogP contribution in [-0.2, 0) is 0 Å². The highest BCUT2D eigenvalue weighted by atomic mass is 15.1. The molecule has 0 fully saturated rings. The first-order chi connectivity index (χ1) is 5.91. The smallest absolute Gasteiger partial charge is 0.0359 e. The van der Waals surface area contributed by atoms with Gasteiger partial charge in [0.05, 0.1) is 0 Å². The normalized spacial score (nSPS) is 18.5. The highest BCUT2D eigenvalue weighted by molar-refractivity contribution is 5.16. The second kappa shape index (κ2) is 3.57. The second-order valence-electron chi connectivity index (χ2n) is 4.91. The Morgan fingerprint density at radius 3 is 2.38 bits per heavy atom. The van der Waals surface area contributed by atoms with Crippen LogP contribution in [0.1, 0.15) is 34.1 Å². The predicted octanol–water partition coefficient (Wildman–Crippen LogP) is 3.20. The van der Waals surface area contributed by atoms with Gasteiger partial charge in [0.1, 0.15) is 0 Å². The minimum absolute atomic E-state index is 0.348. The molecule has 1 rings (SSSR count). The zero-order chi connectivity index (χ0) is 10.1. The van der Waals surface area contributed by atoms with Gasteiger partial charge in [-0.3, -0.25) is 0 Å². The molecule has 0 saturated carbocycles. The fraction of sp³-hybridized carbons (Fsp3) is 0.667. The Bertz CT molecular complexity index is 230. The van der Waals surface area contributed by atoms with Crippen LogP contribution in [0.3, 0.4) is 0 Å². The Balaban J connectivity index is 2.63. The van der Waals surface area contributed by atoms with E-state index in [0.717, 1.165) is 13.1 Å². The molecule has 1 aliphatic heterocycles. The number of rotatable bonds is 1. The minimum atomic E-state index is 0.348. The van der Waals surface area contributed by atoms with E-state index < -0.39 is 0 Å². The summed E-state index contributed by atoms with van der Waals surface area (Å²) in [5.74, 6) is 0. The summed E-state index contributed by atoms with van der Waals surface area (Å²) in [6.07, 6.45) is 3.55. The number of hydrogen-bond acceptors (Lipinski definition) is 1. The van der Waals surface area contributed by atoms with Gasteiger partial charge >= 0.3 is 0 Å². The van der Waals surface area contributed by atoms with Crippen molar-refractivity contribution in [3.8, 4) is 0 Å². The molecule has 0 aromatic carbocycles. The molecule has 1 nitrogen and oxygen atoms in total. The summed E-state index contributed by atoms with van der Waals surface area (Å²) in [7, 11) is 0. The molecule has 0 saturated heterocycles. The van der Waals surface area contributed by atoms with Crippen LogP contribution >= 0.6 is 0 Å². The molecule has 74 valence electrons. The summed E-state index contributed by atoms with van der Waals surface area (Å²) in [5, 5.41) is 0. The third-order valence-corrected chi connectivity index (χ3v) is 2.71. The molecule has 0 unspecified atom stereocenters. The van der Waals surface area contributed by atoms with Crippen molar-refractivity contribution in [2.75, 3.05) is 13.1 Å². The van der Waals surface area contributed by atoms with Crippen molar-refractivity contribution in [1.29, 1.82) is 0 Å². The fourth-order valence-electron chi connectivity index (χ4n) is 1.70. The molecule has 0 bridgehead atoms. The van der Waals surface area contributed by atoms with Gasteiger partial charge in [-0.15, -0.1) is 0 Å². The second-order valence-corrected chi connectivity index (χ2v) is 4.91. The first kappa shape index (κ1) is 10.4. The Hall–Kier alpha value is -0.720. The summed E-state index contributed by atoms with van der Waals surface area (Å²) in [6.45, 7) is 15.1. The van der Waals surface area contributed by atoms with E-state index in [0.29, 0.717) is 5.41 Å². The first-order valence-corrected chi connectivity index (χ1v) is 5.01. The summed E-state index contributed by atoms with van der Waals surface area (Å²) in [4.78, 5) is 2.33. The molecule has 0 amide bonds. The molecule has 0 aliphatic carbocycles. The maximum absolute atomic E-state index is 3.96. The Morgan fingerprint density at radius 2 is 2.08 bits per heavy atom. The molecule has 1 heterocycles. The Morgan fingerprint density at radius 1 is 1.46 bits per heavy atom. The number of nitrogens with zero attached hydrogens (tertiary/aromatic N) is 1. The molecule has 0 atom stereocenters. The van der Waals surface area contributed by atoms with Crippen molar-refractivity contribution >= 4 is 0 Å². The summed E-state index contributed by atoms with van der Waals surface area (Å²) >= 11 is 0. The van der Waals surface area contributed by atoms with Gasteiger partial charge < -0.3 is 4.90 Å². The largest absolute Gasteiger partial charge is 0.371 e. The topological polar surface area (TPSA) is 3.24 Å². The molecule has 0 aromatic rings. The lowest BCUT2D eigenvalue weighted by molar-refractivity contribution is 0.341. The maximum atomic E-state index is 3.96.